The van der Waals surface area contributed by atoms with E-state index in [2.05, 4.69) is 15.2 Å². The molecule has 0 spiro atoms. The third-order valence-electron chi connectivity index (χ3n) is 3.15. The van der Waals surface area contributed by atoms with E-state index >= 15 is 0 Å². The maximum absolute atomic E-state index is 11.5. The molecule has 0 aliphatic rings. The molecule has 0 atom stereocenters. The van der Waals surface area contributed by atoms with E-state index in [4.69, 9.17) is 5.26 Å². The summed E-state index contributed by atoms with van der Waals surface area (Å²) in [5.41, 5.74) is 0.874. The number of hydrogen-bond donors (Lipinski definition) is 1. The first kappa shape index (κ1) is 13.3. The van der Waals surface area contributed by atoms with Crippen LogP contribution in [0.25, 0.3) is 16.9 Å². The van der Waals surface area contributed by atoms with Crippen LogP contribution in [0, 0.1) is 22.7 Å². The molecule has 0 bridgehead atoms. The Balaban J connectivity index is 2.12. The first-order chi connectivity index (χ1) is 10.7. The lowest BCUT2D eigenvalue weighted by Crippen LogP contribution is -2.15. The predicted molar refractivity (Wildman–Crippen MR) is 76.8 cm³/mol. The average Bonchev–Trinajstić information content (AvgIpc) is 3.09. The molecule has 2 heterocycles. The summed E-state index contributed by atoms with van der Waals surface area (Å²) in [5, 5.41) is 24.4. The lowest BCUT2D eigenvalue weighted by Gasteiger charge is -2.06. The average molecular weight is 288 g/mol. The molecule has 0 saturated carbocycles. The number of nitrogens with zero attached hydrogens (tertiary/aromatic N) is 5. The van der Waals surface area contributed by atoms with Gasteiger partial charge in [0.1, 0.15) is 29.0 Å². The summed E-state index contributed by atoms with van der Waals surface area (Å²) in [6, 6.07) is 10.8. The molecule has 0 radical (unpaired) electrons. The number of rotatable bonds is 2. The lowest BCUT2D eigenvalue weighted by molar-refractivity contribution is 0.980. The van der Waals surface area contributed by atoms with Gasteiger partial charge in [0.05, 0.1) is 6.33 Å². The Morgan fingerprint density at radius 3 is 2.41 bits per heavy atom. The third kappa shape index (κ3) is 2.13. The summed E-state index contributed by atoms with van der Waals surface area (Å²) in [6.07, 6.45) is 5.15. The van der Waals surface area contributed by atoms with Gasteiger partial charge in [0, 0.05) is 23.6 Å². The highest BCUT2D eigenvalue weighted by Crippen LogP contribution is 2.22. The van der Waals surface area contributed by atoms with Crippen molar-refractivity contribution in [3.63, 3.8) is 0 Å². The van der Waals surface area contributed by atoms with Crippen molar-refractivity contribution >= 4 is 0 Å². The number of aromatic amines is 1. The smallest absolute Gasteiger partial charge is 0.283 e. The first-order valence-electron chi connectivity index (χ1n) is 6.26. The SMILES string of the molecule is N#Cc1c(-c2ccc(-n3ccnc3)cc2)n[nH]c(=O)c1C#N. The van der Waals surface area contributed by atoms with Crippen molar-refractivity contribution in [1.29, 1.82) is 10.5 Å². The van der Waals surface area contributed by atoms with E-state index < -0.39 is 5.56 Å². The highest BCUT2D eigenvalue weighted by atomic mass is 16.1. The van der Waals surface area contributed by atoms with Gasteiger partial charge in [-0.2, -0.15) is 15.6 Å². The highest BCUT2D eigenvalue weighted by molar-refractivity contribution is 5.69. The fourth-order valence-electron chi connectivity index (χ4n) is 2.08. The zero-order valence-corrected chi connectivity index (χ0v) is 11.2. The van der Waals surface area contributed by atoms with Crippen molar-refractivity contribution in [2.24, 2.45) is 0 Å². The molecule has 22 heavy (non-hydrogen) atoms. The van der Waals surface area contributed by atoms with Gasteiger partial charge in [0.2, 0.25) is 0 Å². The van der Waals surface area contributed by atoms with Crippen LogP contribution in [-0.4, -0.2) is 19.7 Å². The molecular weight excluding hydrogens is 280 g/mol. The Hall–Kier alpha value is -3.71. The number of nitriles is 2. The summed E-state index contributed by atoms with van der Waals surface area (Å²) >= 11 is 0. The molecule has 1 N–H and O–H groups in total. The fraction of sp³-hybridized carbons (Fsp3) is 0. The largest absolute Gasteiger partial charge is 0.306 e. The van der Waals surface area contributed by atoms with Crippen molar-refractivity contribution < 1.29 is 0 Å². The summed E-state index contributed by atoms with van der Waals surface area (Å²) < 4.78 is 1.83. The highest BCUT2D eigenvalue weighted by Gasteiger charge is 2.15. The van der Waals surface area contributed by atoms with E-state index in [1.807, 2.05) is 29.0 Å². The Kier molecular flexibility index (Phi) is 3.23. The molecule has 0 unspecified atom stereocenters. The molecule has 2 aromatic heterocycles. The monoisotopic (exact) mass is 288 g/mol. The number of H-pyrrole nitrogens is 1. The summed E-state index contributed by atoms with van der Waals surface area (Å²) in [4.78, 5) is 15.5. The summed E-state index contributed by atoms with van der Waals surface area (Å²) in [7, 11) is 0. The second-order valence-electron chi connectivity index (χ2n) is 4.39. The van der Waals surface area contributed by atoms with Gasteiger partial charge in [0.15, 0.2) is 0 Å². The fourth-order valence-corrected chi connectivity index (χ4v) is 2.08. The molecule has 7 heteroatoms. The molecule has 0 saturated heterocycles. The van der Waals surface area contributed by atoms with Gasteiger partial charge in [-0.05, 0) is 12.1 Å². The van der Waals surface area contributed by atoms with Crippen molar-refractivity contribution in [2.75, 3.05) is 0 Å². The van der Waals surface area contributed by atoms with Crippen LogP contribution in [0.15, 0.2) is 47.8 Å². The molecule has 0 aliphatic carbocycles. The number of hydrogen-bond acceptors (Lipinski definition) is 5. The first-order valence-corrected chi connectivity index (χ1v) is 6.26. The summed E-state index contributed by atoms with van der Waals surface area (Å²) in [5.74, 6) is 0. The quantitative estimate of drug-likeness (QED) is 0.765. The van der Waals surface area contributed by atoms with E-state index in [1.165, 1.54) is 0 Å². The van der Waals surface area contributed by atoms with E-state index in [-0.39, 0.29) is 16.8 Å². The number of aromatic nitrogens is 4. The maximum atomic E-state index is 11.5. The van der Waals surface area contributed by atoms with E-state index in [9.17, 15) is 10.1 Å². The van der Waals surface area contributed by atoms with Crippen LogP contribution < -0.4 is 5.56 Å². The Labute approximate surface area is 124 Å². The van der Waals surface area contributed by atoms with Crippen LogP contribution in [-0.2, 0) is 0 Å². The van der Waals surface area contributed by atoms with Gasteiger partial charge in [-0.1, -0.05) is 12.1 Å². The van der Waals surface area contributed by atoms with E-state index in [0.717, 1.165) is 5.69 Å². The minimum atomic E-state index is -0.669. The summed E-state index contributed by atoms with van der Waals surface area (Å²) in [6.45, 7) is 0. The second kappa shape index (κ2) is 5.35. The number of nitrogens with one attached hydrogen (secondary N) is 1. The van der Waals surface area contributed by atoms with Crippen LogP contribution >= 0.6 is 0 Å². The topological polar surface area (TPSA) is 111 Å². The number of imidazole rings is 1. The molecule has 104 valence electrons. The van der Waals surface area contributed by atoms with Gasteiger partial charge in [-0.15, -0.1) is 0 Å². The van der Waals surface area contributed by atoms with Gasteiger partial charge in [-0.25, -0.2) is 10.1 Å². The van der Waals surface area contributed by atoms with Crippen LogP contribution in [0.1, 0.15) is 11.1 Å². The molecule has 0 fully saturated rings. The molecule has 3 rings (SSSR count). The van der Waals surface area contributed by atoms with E-state index in [1.54, 1.807) is 30.7 Å². The molecular formula is C15H8N6O. The molecule has 1 aromatic carbocycles. The number of benzene rings is 1. The van der Waals surface area contributed by atoms with Gasteiger partial charge in [-0.3, -0.25) is 4.79 Å². The lowest BCUT2D eigenvalue weighted by atomic mass is 10.0. The van der Waals surface area contributed by atoms with Crippen molar-refractivity contribution in [3.05, 3.63) is 64.5 Å². The van der Waals surface area contributed by atoms with Crippen molar-refractivity contribution in [1.82, 2.24) is 19.7 Å². The van der Waals surface area contributed by atoms with Crippen LogP contribution in [0.5, 0.6) is 0 Å². The zero-order valence-electron chi connectivity index (χ0n) is 11.2. The standard InChI is InChI=1S/C15H8N6O/c16-7-12-13(8-17)15(22)20-19-14(12)10-1-3-11(4-2-10)21-6-5-18-9-21/h1-6,9H,(H,20,22). The minimum absolute atomic E-state index is 0.0263. The van der Waals surface area contributed by atoms with E-state index in [0.29, 0.717) is 5.56 Å². The minimum Gasteiger partial charge on any atom is -0.306 e. The predicted octanol–water partition coefficient (Wildman–Crippen LogP) is 1.37. The maximum Gasteiger partial charge on any atom is 0.283 e. The zero-order chi connectivity index (χ0) is 15.5. The third-order valence-corrected chi connectivity index (χ3v) is 3.15. The van der Waals surface area contributed by atoms with Gasteiger partial charge >= 0.3 is 0 Å². The van der Waals surface area contributed by atoms with Gasteiger partial charge < -0.3 is 4.57 Å². The molecule has 0 aliphatic heterocycles. The van der Waals surface area contributed by atoms with Crippen LogP contribution in [0.3, 0.4) is 0 Å². The van der Waals surface area contributed by atoms with Crippen molar-refractivity contribution in [2.45, 2.75) is 0 Å². The molecule has 3 aromatic rings. The van der Waals surface area contributed by atoms with Crippen molar-refractivity contribution in [3.8, 4) is 29.1 Å². The van der Waals surface area contributed by atoms with Crippen LogP contribution in [0.2, 0.25) is 0 Å². The van der Waals surface area contributed by atoms with Crippen LogP contribution in [0.4, 0.5) is 0 Å². The molecule has 0 amide bonds. The normalized spacial score (nSPS) is 9.91. The molecule has 7 nitrogen and oxygen atoms in total. The Morgan fingerprint density at radius 2 is 1.82 bits per heavy atom. The van der Waals surface area contributed by atoms with Gasteiger partial charge in [0.25, 0.3) is 5.56 Å². The Morgan fingerprint density at radius 1 is 1.09 bits per heavy atom. The second-order valence-corrected chi connectivity index (χ2v) is 4.39. The Bertz CT molecular complexity index is 955.